The van der Waals surface area contributed by atoms with Crippen molar-refractivity contribution < 1.29 is 14.2 Å². The Morgan fingerprint density at radius 2 is 1.27 bits per heavy atom. The topological polar surface area (TPSA) is 30.9 Å². The first-order valence-corrected chi connectivity index (χ1v) is 11.1. The molecule has 5 aromatic carbocycles. The summed E-state index contributed by atoms with van der Waals surface area (Å²) in [6.07, 6.45) is 0. The third-order valence-corrected chi connectivity index (χ3v) is 7.27. The van der Waals surface area contributed by atoms with Crippen LogP contribution in [-0.2, 0) is 0 Å². The zero-order chi connectivity index (χ0) is 21.3. The predicted octanol–water partition coefficient (Wildman–Crippen LogP) is 5.46. The van der Waals surface area contributed by atoms with Crippen molar-refractivity contribution >= 4 is 50.9 Å². The van der Waals surface area contributed by atoms with Gasteiger partial charge >= 0.3 is 0 Å². The molecule has 9 rings (SSSR count). The minimum atomic E-state index is 0.0309. The van der Waals surface area contributed by atoms with Crippen LogP contribution < -0.4 is 35.5 Å². The van der Waals surface area contributed by atoms with Gasteiger partial charge in [0.05, 0.1) is 11.4 Å². The van der Waals surface area contributed by atoms with E-state index < -0.39 is 0 Å². The number of para-hydroxylation sites is 2. The lowest BCUT2D eigenvalue weighted by Crippen LogP contribution is -2.61. The van der Waals surface area contributed by atoms with E-state index in [9.17, 15) is 0 Å². The molecule has 4 aliphatic rings. The fourth-order valence-corrected chi connectivity index (χ4v) is 6.01. The summed E-state index contributed by atoms with van der Waals surface area (Å²) in [4.78, 5) is 2.33. The molecule has 5 aromatic rings. The SMILES string of the molecule is c1ccc2c(c1)Oc1ccc3c4c1N2c1cc2ccccc2c2c1B4c1c(cccc1O2)O3. The highest BCUT2D eigenvalue weighted by molar-refractivity contribution is 7.01. The molecule has 0 saturated heterocycles. The number of fused-ring (bicyclic) bond motifs is 5. The molecule has 0 radical (unpaired) electrons. The smallest absolute Gasteiger partial charge is 0.266 e. The van der Waals surface area contributed by atoms with Crippen LogP contribution in [0.2, 0.25) is 0 Å². The molecule has 0 amide bonds. The van der Waals surface area contributed by atoms with Crippen LogP contribution in [0.25, 0.3) is 10.8 Å². The summed E-state index contributed by atoms with van der Waals surface area (Å²) in [5.41, 5.74) is 6.67. The van der Waals surface area contributed by atoms with Crippen LogP contribution in [0.15, 0.2) is 84.9 Å². The van der Waals surface area contributed by atoms with Gasteiger partial charge in [0.1, 0.15) is 23.0 Å². The Balaban J connectivity index is 1.51. The van der Waals surface area contributed by atoms with Gasteiger partial charge in [0.25, 0.3) is 6.71 Å². The molecule has 0 saturated carbocycles. The minimum Gasteiger partial charge on any atom is -0.458 e. The molecule has 33 heavy (non-hydrogen) atoms. The van der Waals surface area contributed by atoms with Gasteiger partial charge in [-0.1, -0.05) is 42.5 Å². The molecule has 0 aliphatic carbocycles. The predicted molar refractivity (Wildman–Crippen MR) is 130 cm³/mol. The molecule has 0 spiro atoms. The molecule has 0 fully saturated rings. The molecule has 0 atom stereocenters. The van der Waals surface area contributed by atoms with Crippen molar-refractivity contribution in [2.75, 3.05) is 4.90 Å². The first-order chi connectivity index (χ1) is 16.4. The second-order valence-corrected chi connectivity index (χ2v) is 8.89. The molecule has 4 heterocycles. The third-order valence-electron chi connectivity index (χ3n) is 7.27. The van der Waals surface area contributed by atoms with Crippen LogP contribution in [0.1, 0.15) is 0 Å². The first kappa shape index (κ1) is 16.3. The van der Waals surface area contributed by atoms with E-state index >= 15 is 0 Å². The molecule has 0 N–H and O–H groups in total. The van der Waals surface area contributed by atoms with Gasteiger partial charge in [-0.05, 0) is 53.3 Å². The van der Waals surface area contributed by atoms with Crippen molar-refractivity contribution in [3.05, 3.63) is 84.9 Å². The van der Waals surface area contributed by atoms with E-state index in [1.165, 1.54) is 5.46 Å². The van der Waals surface area contributed by atoms with Crippen molar-refractivity contribution in [1.82, 2.24) is 0 Å². The molecule has 4 aliphatic heterocycles. The summed E-state index contributed by atoms with van der Waals surface area (Å²) in [5.74, 6) is 5.23. The second kappa shape index (κ2) is 5.33. The molecule has 4 nitrogen and oxygen atoms in total. The lowest BCUT2D eigenvalue weighted by Gasteiger charge is -2.45. The van der Waals surface area contributed by atoms with Gasteiger partial charge in [-0.25, -0.2) is 0 Å². The van der Waals surface area contributed by atoms with Crippen LogP contribution in [0, 0.1) is 0 Å². The number of anilines is 3. The Morgan fingerprint density at radius 3 is 2.24 bits per heavy atom. The van der Waals surface area contributed by atoms with E-state index in [1.54, 1.807) is 0 Å². The van der Waals surface area contributed by atoms with Gasteiger partial charge in [-0.15, -0.1) is 0 Å². The number of hydrogen-bond donors (Lipinski definition) is 0. The maximum absolute atomic E-state index is 6.65. The average molecular weight is 423 g/mol. The fraction of sp³-hybridized carbons (Fsp3) is 0. The van der Waals surface area contributed by atoms with Crippen molar-refractivity contribution in [2.45, 2.75) is 0 Å². The number of nitrogens with zero attached hydrogens (tertiary/aromatic N) is 1. The van der Waals surface area contributed by atoms with Crippen LogP contribution in [-0.4, -0.2) is 6.71 Å². The van der Waals surface area contributed by atoms with Crippen molar-refractivity contribution in [3.8, 4) is 34.5 Å². The highest BCUT2D eigenvalue weighted by Gasteiger charge is 2.50. The summed E-state index contributed by atoms with van der Waals surface area (Å²) in [5, 5.41) is 2.28. The maximum atomic E-state index is 6.65. The van der Waals surface area contributed by atoms with E-state index in [-0.39, 0.29) is 6.71 Å². The quantitative estimate of drug-likeness (QED) is 0.303. The summed E-state index contributed by atoms with van der Waals surface area (Å²) < 4.78 is 19.5. The third kappa shape index (κ3) is 1.79. The first-order valence-electron chi connectivity index (χ1n) is 11.1. The van der Waals surface area contributed by atoms with E-state index in [0.717, 1.165) is 73.3 Å². The summed E-state index contributed by atoms with van der Waals surface area (Å²) in [7, 11) is 0. The van der Waals surface area contributed by atoms with Gasteiger partial charge in [0, 0.05) is 22.0 Å². The zero-order valence-corrected chi connectivity index (χ0v) is 17.3. The lowest BCUT2D eigenvalue weighted by molar-refractivity contribution is 0.459. The van der Waals surface area contributed by atoms with Gasteiger partial charge in [0.15, 0.2) is 11.5 Å². The van der Waals surface area contributed by atoms with E-state index in [2.05, 4.69) is 47.4 Å². The maximum Gasteiger partial charge on any atom is 0.266 e. The van der Waals surface area contributed by atoms with Gasteiger partial charge < -0.3 is 19.1 Å². The fourth-order valence-electron chi connectivity index (χ4n) is 6.01. The Bertz CT molecular complexity index is 1730. The Labute approximate surface area is 189 Å². The summed E-state index contributed by atoms with van der Waals surface area (Å²) in [6.45, 7) is 0.0309. The van der Waals surface area contributed by atoms with Crippen molar-refractivity contribution in [2.24, 2.45) is 0 Å². The standard InChI is InChI=1S/C28H14BNO3/c1-2-7-16-15(6-1)14-18-24-28(16)33-21-11-5-10-20-25(21)29(24)26-22(32-20)12-13-23-27(26)30(18)17-8-3-4-9-19(17)31-23/h1-14H. The molecule has 0 unspecified atom stereocenters. The van der Waals surface area contributed by atoms with Crippen LogP contribution in [0.5, 0.6) is 34.5 Å². The van der Waals surface area contributed by atoms with Gasteiger partial charge in [-0.3, -0.25) is 0 Å². The van der Waals surface area contributed by atoms with Crippen LogP contribution in [0.3, 0.4) is 0 Å². The summed E-state index contributed by atoms with van der Waals surface area (Å²) >= 11 is 0. The van der Waals surface area contributed by atoms with Crippen molar-refractivity contribution in [1.29, 1.82) is 0 Å². The highest BCUT2D eigenvalue weighted by atomic mass is 16.5. The molecule has 0 aromatic heterocycles. The molecular weight excluding hydrogens is 409 g/mol. The Kier molecular flexibility index (Phi) is 2.63. The zero-order valence-electron chi connectivity index (χ0n) is 17.3. The average Bonchev–Trinajstić information content (AvgIpc) is 2.86. The van der Waals surface area contributed by atoms with Gasteiger partial charge in [-0.2, -0.15) is 0 Å². The molecular formula is C28H14BNO3. The molecule has 152 valence electrons. The lowest BCUT2D eigenvalue weighted by atomic mass is 9.33. The molecule has 5 heteroatoms. The van der Waals surface area contributed by atoms with E-state index in [1.807, 2.05) is 42.5 Å². The van der Waals surface area contributed by atoms with Crippen LogP contribution >= 0.6 is 0 Å². The number of ether oxygens (including phenoxy) is 3. The Morgan fingerprint density at radius 1 is 0.545 bits per heavy atom. The molecule has 0 bridgehead atoms. The monoisotopic (exact) mass is 423 g/mol. The van der Waals surface area contributed by atoms with E-state index in [4.69, 9.17) is 14.2 Å². The number of rotatable bonds is 0. The van der Waals surface area contributed by atoms with Crippen molar-refractivity contribution in [3.63, 3.8) is 0 Å². The number of benzene rings is 5. The number of hydrogen-bond acceptors (Lipinski definition) is 4. The van der Waals surface area contributed by atoms with Crippen LogP contribution in [0.4, 0.5) is 17.1 Å². The summed E-state index contributed by atoms with van der Waals surface area (Å²) in [6, 6.07) is 29.1. The normalized spacial score (nSPS) is 14.7. The largest absolute Gasteiger partial charge is 0.458 e. The highest BCUT2D eigenvalue weighted by Crippen LogP contribution is 2.55. The minimum absolute atomic E-state index is 0.0309. The Hall–Kier alpha value is -4.38. The van der Waals surface area contributed by atoms with E-state index in [0.29, 0.717) is 0 Å². The second-order valence-electron chi connectivity index (χ2n) is 8.89. The van der Waals surface area contributed by atoms with Gasteiger partial charge in [0.2, 0.25) is 0 Å².